The second-order valence-corrected chi connectivity index (χ2v) is 7.70. The fraction of sp³-hybridized carbons (Fsp3) is 0.208. The molecule has 0 saturated carbocycles. The van der Waals surface area contributed by atoms with E-state index < -0.39 is 0 Å². The van der Waals surface area contributed by atoms with Gasteiger partial charge in [0.05, 0.1) is 5.52 Å². The van der Waals surface area contributed by atoms with Crippen LogP contribution in [0.2, 0.25) is 0 Å². The highest BCUT2D eigenvalue weighted by Gasteiger charge is 2.14. The summed E-state index contributed by atoms with van der Waals surface area (Å²) in [7, 11) is 0. The third-order valence-corrected chi connectivity index (χ3v) is 5.66. The van der Waals surface area contributed by atoms with Crippen molar-refractivity contribution in [3.8, 4) is 0 Å². The molecule has 0 aliphatic carbocycles. The minimum Gasteiger partial charge on any atom is -0.299 e. The van der Waals surface area contributed by atoms with Crippen LogP contribution in [0.4, 0.5) is 0 Å². The Morgan fingerprint density at radius 2 is 1.73 bits per heavy atom. The van der Waals surface area contributed by atoms with Crippen molar-refractivity contribution in [1.82, 2.24) is 9.38 Å². The van der Waals surface area contributed by atoms with Gasteiger partial charge in [-0.1, -0.05) is 49.7 Å². The van der Waals surface area contributed by atoms with Gasteiger partial charge < -0.3 is 0 Å². The molecule has 2 heteroatoms. The lowest BCUT2D eigenvalue weighted by Crippen LogP contribution is -1.96. The molecule has 0 aliphatic heterocycles. The van der Waals surface area contributed by atoms with E-state index >= 15 is 0 Å². The van der Waals surface area contributed by atoms with Crippen LogP contribution in [0, 0.1) is 13.8 Å². The number of rotatable bonds is 1. The van der Waals surface area contributed by atoms with Crippen molar-refractivity contribution in [3.63, 3.8) is 0 Å². The number of imidazole rings is 1. The van der Waals surface area contributed by atoms with E-state index in [1.54, 1.807) is 0 Å². The second kappa shape index (κ2) is 5.31. The molecule has 2 heterocycles. The number of fused-ring (bicyclic) bond motifs is 7. The van der Waals surface area contributed by atoms with Crippen LogP contribution in [0.15, 0.2) is 54.9 Å². The number of aromatic nitrogens is 2. The van der Waals surface area contributed by atoms with E-state index in [1.807, 2.05) is 6.20 Å². The maximum Gasteiger partial charge on any atom is 0.145 e. The Hall–Kier alpha value is -2.87. The van der Waals surface area contributed by atoms with Gasteiger partial charge in [0.2, 0.25) is 0 Å². The minimum atomic E-state index is 0.508. The Balaban J connectivity index is 2.08. The lowest BCUT2D eigenvalue weighted by atomic mass is 9.93. The number of hydrogen-bond donors (Lipinski definition) is 0. The summed E-state index contributed by atoms with van der Waals surface area (Å²) in [5.74, 6) is 0.508. The summed E-state index contributed by atoms with van der Waals surface area (Å²) in [6.07, 6.45) is 3.99. The number of benzene rings is 3. The first-order chi connectivity index (χ1) is 12.5. The highest BCUT2D eigenvalue weighted by molar-refractivity contribution is 6.18. The summed E-state index contributed by atoms with van der Waals surface area (Å²) in [5, 5.41) is 6.47. The maximum atomic E-state index is 4.70. The van der Waals surface area contributed by atoms with Crippen molar-refractivity contribution in [2.75, 3.05) is 0 Å². The lowest BCUT2D eigenvalue weighted by Gasteiger charge is -2.15. The Morgan fingerprint density at radius 3 is 2.54 bits per heavy atom. The van der Waals surface area contributed by atoms with E-state index in [2.05, 4.69) is 80.8 Å². The molecule has 128 valence electrons. The Bertz CT molecular complexity index is 1320. The summed E-state index contributed by atoms with van der Waals surface area (Å²) >= 11 is 0. The number of aryl methyl sites for hydroxylation is 2. The van der Waals surface area contributed by atoms with Crippen molar-refractivity contribution >= 4 is 38.1 Å². The lowest BCUT2D eigenvalue weighted by molar-refractivity contribution is 0.868. The summed E-state index contributed by atoms with van der Waals surface area (Å²) in [5.41, 5.74) is 6.29. The molecule has 0 amide bonds. The molecule has 5 aromatic rings. The van der Waals surface area contributed by atoms with Crippen LogP contribution in [0.1, 0.15) is 36.5 Å². The third-order valence-electron chi connectivity index (χ3n) is 5.66. The molecule has 0 fully saturated rings. The Morgan fingerprint density at radius 1 is 0.885 bits per heavy atom. The van der Waals surface area contributed by atoms with E-state index in [-0.39, 0.29) is 0 Å². The molecular formula is C24H22N2. The summed E-state index contributed by atoms with van der Waals surface area (Å²) in [4.78, 5) is 4.70. The standard InChI is InChI=1S/C24H22N2/c1-14(2)17-7-8-19-22(13-17)26-10-9-25-24(26)21-12-18-6-5-15(3)11-20(18)16(4)23(19)21/h5-14H,1-4H3. The first-order valence-corrected chi connectivity index (χ1v) is 9.27. The molecule has 0 spiro atoms. The zero-order chi connectivity index (χ0) is 18.0. The van der Waals surface area contributed by atoms with E-state index in [9.17, 15) is 0 Å². The van der Waals surface area contributed by atoms with Gasteiger partial charge in [-0.15, -0.1) is 0 Å². The molecule has 0 N–H and O–H groups in total. The van der Waals surface area contributed by atoms with Gasteiger partial charge in [0.25, 0.3) is 0 Å². The predicted octanol–water partition coefficient (Wildman–Crippen LogP) is 6.53. The molecule has 5 rings (SSSR count). The normalized spacial score (nSPS) is 12.2. The van der Waals surface area contributed by atoms with Gasteiger partial charge in [-0.3, -0.25) is 4.40 Å². The molecule has 3 aromatic carbocycles. The fourth-order valence-electron chi connectivity index (χ4n) is 4.22. The smallest absolute Gasteiger partial charge is 0.145 e. The highest BCUT2D eigenvalue weighted by Crippen LogP contribution is 2.36. The van der Waals surface area contributed by atoms with Crippen LogP contribution in [0.25, 0.3) is 38.1 Å². The van der Waals surface area contributed by atoms with Crippen molar-refractivity contribution < 1.29 is 0 Å². The van der Waals surface area contributed by atoms with Gasteiger partial charge in [-0.25, -0.2) is 4.98 Å². The average molecular weight is 338 g/mol. The van der Waals surface area contributed by atoms with E-state index in [0.717, 1.165) is 5.65 Å². The molecule has 26 heavy (non-hydrogen) atoms. The van der Waals surface area contributed by atoms with E-state index in [4.69, 9.17) is 4.98 Å². The quantitative estimate of drug-likeness (QED) is 0.251. The number of pyridine rings is 1. The summed E-state index contributed by atoms with van der Waals surface area (Å²) < 4.78 is 2.24. The topological polar surface area (TPSA) is 17.3 Å². The van der Waals surface area contributed by atoms with Crippen LogP contribution in [-0.4, -0.2) is 9.38 Å². The van der Waals surface area contributed by atoms with Crippen LogP contribution in [-0.2, 0) is 0 Å². The fourth-order valence-corrected chi connectivity index (χ4v) is 4.22. The van der Waals surface area contributed by atoms with Crippen LogP contribution in [0.3, 0.4) is 0 Å². The average Bonchev–Trinajstić information content (AvgIpc) is 3.12. The predicted molar refractivity (Wildman–Crippen MR) is 111 cm³/mol. The zero-order valence-electron chi connectivity index (χ0n) is 15.7. The van der Waals surface area contributed by atoms with Gasteiger partial charge in [0, 0.05) is 23.2 Å². The summed E-state index contributed by atoms with van der Waals surface area (Å²) in [6.45, 7) is 8.90. The van der Waals surface area contributed by atoms with Gasteiger partial charge >= 0.3 is 0 Å². The van der Waals surface area contributed by atoms with Gasteiger partial charge in [0.15, 0.2) is 0 Å². The summed E-state index contributed by atoms with van der Waals surface area (Å²) in [6, 6.07) is 15.9. The van der Waals surface area contributed by atoms with Gasteiger partial charge in [-0.2, -0.15) is 0 Å². The van der Waals surface area contributed by atoms with Crippen molar-refractivity contribution in [3.05, 3.63) is 71.5 Å². The van der Waals surface area contributed by atoms with Crippen molar-refractivity contribution in [2.24, 2.45) is 0 Å². The van der Waals surface area contributed by atoms with E-state index in [1.165, 1.54) is 49.1 Å². The maximum absolute atomic E-state index is 4.70. The van der Waals surface area contributed by atoms with Crippen molar-refractivity contribution in [1.29, 1.82) is 0 Å². The molecule has 0 atom stereocenters. The third kappa shape index (κ3) is 2.02. The van der Waals surface area contributed by atoms with Gasteiger partial charge in [0.1, 0.15) is 5.65 Å². The first kappa shape index (κ1) is 15.4. The monoisotopic (exact) mass is 338 g/mol. The number of hydrogen-bond acceptors (Lipinski definition) is 1. The molecule has 0 aliphatic rings. The van der Waals surface area contributed by atoms with Gasteiger partial charge in [-0.05, 0) is 59.2 Å². The molecule has 0 bridgehead atoms. The van der Waals surface area contributed by atoms with Crippen LogP contribution in [0.5, 0.6) is 0 Å². The van der Waals surface area contributed by atoms with Crippen LogP contribution >= 0.6 is 0 Å². The molecule has 2 nitrogen and oxygen atoms in total. The molecule has 0 radical (unpaired) electrons. The molecule has 2 aromatic heterocycles. The SMILES string of the molecule is Cc1ccc2cc3c(c(C)c2c1)c1ccc(C(C)C)cc1n1ccnc31. The van der Waals surface area contributed by atoms with E-state index in [0.29, 0.717) is 5.92 Å². The van der Waals surface area contributed by atoms with Crippen LogP contribution < -0.4 is 0 Å². The molecule has 0 saturated heterocycles. The largest absolute Gasteiger partial charge is 0.299 e. The molecule has 0 unspecified atom stereocenters. The minimum absolute atomic E-state index is 0.508. The van der Waals surface area contributed by atoms with Crippen molar-refractivity contribution in [2.45, 2.75) is 33.6 Å². The Labute approximate surface area is 153 Å². The Kier molecular flexibility index (Phi) is 3.14. The molecular weight excluding hydrogens is 316 g/mol. The second-order valence-electron chi connectivity index (χ2n) is 7.70. The number of nitrogens with zero attached hydrogens (tertiary/aromatic N) is 2. The zero-order valence-corrected chi connectivity index (χ0v) is 15.7. The highest BCUT2D eigenvalue weighted by atomic mass is 15.0. The first-order valence-electron chi connectivity index (χ1n) is 9.27.